The zero-order valence-electron chi connectivity index (χ0n) is 3.84. The highest BCUT2D eigenvalue weighted by atomic mass is 20.0. The van der Waals surface area contributed by atoms with Gasteiger partial charge < -0.3 is 0 Å². The van der Waals surface area contributed by atoms with Crippen LogP contribution in [0.5, 0.6) is 0 Å². The summed E-state index contributed by atoms with van der Waals surface area (Å²) in [4.78, 5) is 0. The van der Waals surface area contributed by atoms with E-state index in [2.05, 4.69) is 0 Å². The van der Waals surface area contributed by atoms with Crippen LogP contribution in [0, 0.1) is 0 Å². The van der Waals surface area contributed by atoms with Crippen molar-refractivity contribution in [3.8, 4) is 0 Å². The predicted octanol–water partition coefficient (Wildman–Crippen LogP) is 7.48. The minimum absolute atomic E-state index is 0. The second-order valence-corrected chi connectivity index (χ2v) is 0. The zero-order valence-corrected chi connectivity index (χ0v) is 3.84. The normalized spacial score (nSPS) is 1.50. The topological polar surface area (TPSA) is 0 Å². The van der Waals surface area contributed by atoms with Crippen molar-refractivity contribution in [2.24, 2.45) is 0 Å². The van der Waals surface area contributed by atoms with Crippen LogP contribution in [-0.2, 0) is 0 Å². The van der Waals surface area contributed by atoms with Gasteiger partial charge in [-0.15, -0.1) is 0 Å². The van der Waals surface area contributed by atoms with Gasteiger partial charge >= 0.3 is 0 Å². The van der Waals surface area contributed by atoms with Crippen molar-refractivity contribution in [2.75, 3.05) is 0 Å². The van der Waals surface area contributed by atoms with Crippen LogP contribution in [0.1, 0.15) is 44.6 Å². The maximum Gasteiger partial charge on any atom is 0 e. The standard InChI is InChI=1S/6CH4.4F2.2FH/c;;;;;;4*1-2;;/h6*1H4;;;;;2*1H. The third-order valence-corrected chi connectivity index (χ3v) is 0. The maximum absolute atomic E-state index is 8.00. The Morgan fingerprint density at radius 2 is 0.250 bits per heavy atom. The van der Waals surface area contributed by atoms with E-state index in [1.54, 1.807) is 0 Å². The number of hydrogen-bond acceptors (Lipinski definition) is 0. The van der Waals surface area contributed by atoms with Gasteiger partial charge in [-0.05, 0) is 0 Å². The molecular formula is C6H26F10. The Morgan fingerprint density at radius 3 is 0.250 bits per heavy atom. The minimum Gasteiger partial charge on any atom is -0.269 e. The second kappa shape index (κ2) is 5160. The summed E-state index contributed by atoms with van der Waals surface area (Å²) in [7, 11) is 0. The van der Waals surface area contributed by atoms with E-state index in [-0.39, 0.29) is 54.0 Å². The lowest BCUT2D eigenvalue weighted by molar-refractivity contribution is 0.108. The van der Waals surface area contributed by atoms with E-state index in [0.29, 0.717) is 0 Å². The molecule has 0 radical (unpaired) electrons. The predicted molar refractivity (Wildman–Crippen MR) is 54.3 cm³/mol. The van der Waals surface area contributed by atoms with Gasteiger partial charge in [0.25, 0.3) is 0 Å². The summed E-state index contributed by atoms with van der Waals surface area (Å²) in [6.07, 6.45) is 0. The van der Waals surface area contributed by atoms with Crippen LogP contribution in [0.15, 0.2) is 0 Å². The molecule has 0 unspecified atom stereocenters. The molecule has 0 aromatic rings. The molecule has 120 valence electrons. The highest BCUT2D eigenvalue weighted by Gasteiger charge is 1.01. The van der Waals surface area contributed by atoms with E-state index >= 15 is 0 Å². The Bertz CT molecular complexity index is 15.3. The van der Waals surface area contributed by atoms with Crippen molar-refractivity contribution in [3.63, 3.8) is 0 Å². The van der Waals surface area contributed by atoms with E-state index in [9.17, 15) is 0 Å². The van der Waals surface area contributed by atoms with Crippen molar-refractivity contribution in [3.05, 3.63) is 0 Å². The Balaban J connectivity index is -0.00000000114. The first-order chi connectivity index (χ1) is 4.00. The molecule has 0 N–H and O–H groups in total. The smallest absolute Gasteiger partial charge is 0 e. The molecule has 0 heterocycles. The first-order valence-electron chi connectivity index (χ1n) is 0.571. The van der Waals surface area contributed by atoms with Gasteiger partial charge in [-0.25, -0.2) is 0 Å². The monoisotopic (exact) mass is 288 g/mol. The van der Waals surface area contributed by atoms with Gasteiger partial charge in [-0.2, -0.15) is 0 Å². The average molecular weight is 288 g/mol. The van der Waals surface area contributed by atoms with Crippen LogP contribution in [0.3, 0.4) is 0 Å². The van der Waals surface area contributed by atoms with Crippen molar-refractivity contribution in [2.45, 2.75) is 44.6 Å². The number of hydrogen-bond donors (Lipinski definition) is 0. The molecule has 0 aromatic carbocycles. The van der Waals surface area contributed by atoms with Crippen molar-refractivity contribution in [1.82, 2.24) is 0 Å². The summed E-state index contributed by atoms with van der Waals surface area (Å²) >= 11 is 0. The molecule has 0 bridgehead atoms. The lowest BCUT2D eigenvalue weighted by atomic mass is 12.0. The Hall–Kier alpha value is -0.700. The summed E-state index contributed by atoms with van der Waals surface area (Å²) in [6.45, 7) is 0. The SMILES string of the molecule is C.C.C.C.C.C.F.F.FF.FF.FF.FF. The van der Waals surface area contributed by atoms with E-state index in [1.807, 2.05) is 0 Å². The highest BCUT2D eigenvalue weighted by molar-refractivity contribution is 2.51. The summed E-state index contributed by atoms with van der Waals surface area (Å²) in [5, 5.41) is 0. The third-order valence-electron chi connectivity index (χ3n) is 0. The van der Waals surface area contributed by atoms with Gasteiger partial charge in [0, 0.05) is 36.6 Å². The Labute approximate surface area is 91.8 Å². The minimum atomic E-state index is 0. The van der Waals surface area contributed by atoms with Gasteiger partial charge in [0.1, 0.15) is 0 Å². The summed E-state index contributed by atoms with van der Waals surface area (Å²) < 4.78 is 64.0. The van der Waals surface area contributed by atoms with Crippen LogP contribution in [-0.4, -0.2) is 0 Å². The third kappa shape index (κ3) is 4110. The molecule has 10 heteroatoms. The molecule has 0 amide bonds. The van der Waals surface area contributed by atoms with Crippen molar-refractivity contribution >= 4 is 0 Å². The lowest BCUT2D eigenvalue weighted by Gasteiger charge is -1.00. The molecule has 0 aliphatic rings. The second-order valence-electron chi connectivity index (χ2n) is 0. The lowest BCUT2D eigenvalue weighted by Crippen LogP contribution is -0.580. The molecule has 0 atom stereocenters. The molecule has 0 aromatic heterocycles. The molecule has 16 heavy (non-hydrogen) atoms. The highest BCUT2D eigenvalue weighted by Crippen LogP contribution is 1.43. The van der Waals surface area contributed by atoms with Crippen LogP contribution < -0.4 is 0 Å². The molecule has 0 saturated heterocycles. The van der Waals surface area contributed by atoms with Crippen LogP contribution in [0.25, 0.3) is 0 Å². The van der Waals surface area contributed by atoms with Crippen LogP contribution in [0.2, 0.25) is 0 Å². The van der Waals surface area contributed by atoms with Gasteiger partial charge in [0.15, 0.2) is 0 Å². The molecule has 0 aliphatic carbocycles. The maximum atomic E-state index is 8.00. The summed E-state index contributed by atoms with van der Waals surface area (Å²) in [5.41, 5.74) is 0. The van der Waals surface area contributed by atoms with Gasteiger partial charge in [0.2, 0.25) is 0 Å². The van der Waals surface area contributed by atoms with Crippen LogP contribution >= 0.6 is 0 Å². The van der Waals surface area contributed by atoms with Crippen molar-refractivity contribution < 1.29 is 46.0 Å². The number of halogens is 10. The molecule has 0 fully saturated rings. The first kappa shape index (κ1) is 287. The number of rotatable bonds is 0. The molecule has 0 spiro atoms. The zero-order chi connectivity index (χ0) is 8.00. The first-order valence-corrected chi connectivity index (χ1v) is 0.571. The van der Waals surface area contributed by atoms with E-state index in [1.165, 1.54) is 0 Å². The Morgan fingerprint density at radius 1 is 0.250 bits per heavy atom. The Kier molecular flexibility index (Phi) is 92700. The van der Waals surface area contributed by atoms with E-state index in [0.717, 1.165) is 0 Å². The van der Waals surface area contributed by atoms with Gasteiger partial charge in [0.05, 0.1) is 0 Å². The molecule has 0 saturated carbocycles. The quantitative estimate of drug-likeness (QED) is 0.405. The largest absolute Gasteiger partial charge is 0.269 e. The van der Waals surface area contributed by atoms with Gasteiger partial charge in [-0.1, -0.05) is 44.6 Å². The average Bonchev–Trinajstić information content (AvgIpc) is 2.03. The molecule has 0 rings (SSSR count). The summed E-state index contributed by atoms with van der Waals surface area (Å²) in [6, 6.07) is 0. The van der Waals surface area contributed by atoms with E-state index in [4.69, 9.17) is 36.6 Å². The van der Waals surface area contributed by atoms with Crippen LogP contribution in [0.4, 0.5) is 46.0 Å². The molecule has 0 aliphatic heterocycles. The van der Waals surface area contributed by atoms with Crippen molar-refractivity contribution in [1.29, 1.82) is 0 Å². The fourth-order valence-electron chi connectivity index (χ4n) is 0. The van der Waals surface area contributed by atoms with E-state index < -0.39 is 0 Å². The molecule has 0 nitrogen and oxygen atoms in total. The fourth-order valence-corrected chi connectivity index (χ4v) is 0. The fraction of sp³-hybridized carbons (Fsp3) is 1.00. The summed E-state index contributed by atoms with van der Waals surface area (Å²) in [5.74, 6) is 0. The van der Waals surface area contributed by atoms with Gasteiger partial charge in [-0.3, -0.25) is 9.41 Å². The molecular weight excluding hydrogens is 262 g/mol.